The summed E-state index contributed by atoms with van der Waals surface area (Å²) in [5.41, 5.74) is 1.05. The Kier molecular flexibility index (Phi) is 4.51. The van der Waals surface area contributed by atoms with Gasteiger partial charge in [0.25, 0.3) is 0 Å². The first-order valence-corrected chi connectivity index (χ1v) is 5.09. The van der Waals surface area contributed by atoms with Crippen molar-refractivity contribution in [1.29, 1.82) is 0 Å². The Morgan fingerprint density at radius 2 is 1.71 bits per heavy atom. The van der Waals surface area contributed by atoms with Gasteiger partial charge in [-0.05, 0) is 19.1 Å². The lowest BCUT2D eigenvalue weighted by atomic mass is 10.2. The number of carbonyl (C=O) groups is 2. The molecule has 0 amide bonds. The van der Waals surface area contributed by atoms with Crippen LogP contribution in [-0.2, 0) is 14.3 Å². The molecule has 5 heteroatoms. The minimum absolute atomic E-state index is 0.371. The zero-order valence-corrected chi connectivity index (χ0v) is 9.93. The van der Waals surface area contributed by atoms with Crippen molar-refractivity contribution in [2.24, 2.45) is 0 Å². The largest absolute Gasteiger partial charge is 0.516 e. The van der Waals surface area contributed by atoms with Crippen LogP contribution in [-0.4, -0.2) is 18.4 Å². The number of carbonyl (C=O) groups excluding carboxylic acids is 2. The van der Waals surface area contributed by atoms with Gasteiger partial charge < -0.3 is 14.2 Å². The average molecular weight is 238 g/mol. The summed E-state index contributed by atoms with van der Waals surface area (Å²) in [6, 6.07) is 6.90. The van der Waals surface area contributed by atoms with Crippen LogP contribution in [0.3, 0.4) is 0 Å². The second-order valence-corrected chi connectivity index (χ2v) is 3.46. The molecule has 0 radical (unpaired) electrons. The number of aryl methyl sites for hydroxylation is 1. The van der Waals surface area contributed by atoms with E-state index < -0.39 is 18.4 Å². The maximum Gasteiger partial charge on any atom is 0.516 e. The van der Waals surface area contributed by atoms with Gasteiger partial charge in [0.2, 0.25) is 6.29 Å². The summed E-state index contributed by atoms with van der Waals surface area (Å²) in [6.45, 7) is 4.58. The molecule has 0 saturated carbocycles. The van der Waals surface area contributed by atoms with Crippen LogP contribution in [0.1, 0.15) is 19.4 Å². The molecule has 0 N–H and O–H groups in total. The zero-order valence-electron chi connectivity index (χ0n) is 9.93. The third-order valence-electron chi connectivity index (χ3n) is 1.82. The molecule has 0 bridgehead atoms. The van der Waals surface area contributed by atoms with Crippen LogP contribution in [0, 0.1) is 6.92 Å². The van der Waals surface area contributed by atoms with E-state index in [1.54, 1.807) is 24.3 Å². The molecule has 0 aliphatic heterocycles. The molecule has 0 fully saturated rings. The van der Waals surface area contributed by atoms with Gasteiger partial charge in [0.1, 0.15) is 5.75 Å². The first kappa shape index (κ1) is 13.0. The van der Waals surface area contributed by atoms with Gasteiger partial charge in [-0.15, -0.1) is 0 Å². The Morgan fingerprint density at radius 3 is 2.24 bits per heavy atom. The van der Waals surface area contributed by atoms with E-state index in [9.17, 15) is 9.59 Å². The van der Waals surface area contributed by atoms with E-state index in [4.69, 9.17) is 9.47 Å². The molecule has 0 saturated heterocycles. The molecule has 1 aromatic carbocycles. The fraction of sp³-hybridized carbons (Fsp3) is 0.333. The predicted octanol–water partition coefficient (Wildman–Crippen LogP) is 2.42. The van der Waals surface area contributed by atoms with Crippen LogP contribution in [0.4, 0.5) is 4.79 Å². The molecular weight excluding hydrogens is 224 g/mol. The van der Waals surface area contributed by atoms with Crippen molar-refractivity contribution < 1.29 is 23.8 Å². The molecule has 92 valence electrons. The summed E-state index contributed by atoms with van der Waals surface area (Å²) in [6.07, 6.45) is -1.88. The number of esters is 1. The van der Waals surface area contributed by atoms with Gasteiger partial charge in [-0.2, -0.15) is 0 Å². The van der Waals surface area contributed by atoms with Crippen molar-refractivity contribution in [3.8, 4) is 5.75 Å². The lowest BCUT2D eigenvalue weighted by Crippen LogP contribution is -2.22. The molecule has 0 aliphatic rings. The second-order valence-electron chi connectivity index (χ2n) is 3.46. The molecule has 0 heterocycles. The van der Waals surface area contributed by atoms with Crippen LogP contribution in [0.5, 0.6) is 5.75 Å². The molecule has 0 spiro atoms. The van der Waals surface area contributed by atoms with Crippen molar-refractivity contribution in [2.45, 2.75) is 27.1 Å². The van der Waals surface area contributed by atoms with E-state index in [-0.39, 0.29) is 0 Å². The molecular formula is C12H14O5. The minimum Gasteiger partial charge on any atom is -0.426 e. The Morgan fingerprint density at radius 1 is 1.12 bits per heavy atom. The molecule has 1 rings (SSSR count). The minimum atomic E-state index is -0.967. The van der Waals surface area contributed by atoms with E-state index >= 15 is 0 Å². The van der Waals surface area contributed by atoms with Crippen LogP contribution >= 0.6 is 0 Å². The summed E-state index contributed by atoms with van der Waals surface area (Å²) in [5.74, 6) is -0.156. The van der Waals surface area contributed by atoms with Crippen LogP contribution in [0.25, 0.3) is 0 Å². The topological polar surface area (TPSA) is 61.8 Å². The highest BCUT2D eigenvalue weighted by Crippen LogP contribution is 2.12. The summed E-state index contributed by atoms with van der Waals surface area (Å²) >= 11 is 0. The standard InChI is InChI=1S/C12H14O5/c1-8-4-6-11(7-5-8)17-12(14)16-10(3)15-9(2)13/h4-7,10H,1-3H3. The molecule has 5 nitrogen and oxygen atoms in total. The SMILES string of the molecule is CC(=O)OC(C)OC(=O)Oc1ccc(C)cc1. The molecule has 1 atom stereocenters. The fourth-order valence-corrected chi connectivity index (χ4v) is 1.12. The van der Waals surface area contributed by atoms with Gasteiger partial charge in [-0.3, -0.25) is 4.79 Å². The van der Waals surface area contributed by atoms with Gasteiger partial charge in [0.15, 0.2) is 0 Å². The van der Waals surface area contributed by atoms with Crippen molar-refractivity contribution in [2.75, 3.05) is 0 Å². The Hall–Kier alpha value is -2.04. The zero-order chi connectivity index (χ0) is 12.8. The van der Waals surface area contributed by atoms with E-state index in [0.717, 1.165) is 5.56 Å². The number of rotatable bonds is 3. The van der Waals surface area contributed by atoms with Gasteiger partial charge in [0, 0.05) is 13.8 Å². The third-order valence-corrected chi connectivity index (χ3v) is 1.82. The highest BCUT2D eigenvalue weighted by molar-refractivity contribution is 5.67. The number of benzene rings is 1. The normalized spacial score (nSPS) is 11.5. The first-order chi connectivity index (χ1) is 7.97. The van der Waals surface area contributed by atoms with Gasteiger partial charge >= 0.3 is 12.1 Å². The Bertz CT molecular complexity index is 396. The van der Waals surface area contributed by atoms with E-state index in [1.807, 2.05) is 6.92 Å². The van der Waals surface area contributed by atoms with Crippen molar-refractivity contribution >= 4 is 12.1 Å². The predicted molar refractivity (Wildman–Crippen MR) is 59.5 cm³/mol. The van der Waals surface area contributed by atoms with E-state index in [1.165, 1.54) is 13.8 Å². The van der Waals surface area contributed by atoms with Gasteiger partial charge in [-0.25, -0.2) is 4.79 Å². The summed E-state index contributed by atoms with van der Waals surface area (Å²) in [7, 11) is 0. The second kappa shape index (κ2) is 5.89. The molecule has 17 heavy (non-hydrogen) atoms. The Balaban J connectivity index is 2.44. The molecule has 0 aliphatic carbocycles. The van der Waals surface area contributed by atoms with E-state index in [0.29, 0.717) is 5.75 Å². The van der Waals surface area contributed by atoms with Crippen molar-refractivity contribution in [1.82, 2.24) is 0 Å². The van der Waals surface area contributed by atoms with Crippen LogP contribution in [0.2, 0.25) is 0 Å². The van der Waals surface area contributed by atoms with E-state index in [2.05, 4.69) is 4.74 Å². The van der Waals surface area contributed by atoms with Crippen LogP contribution < -0.4 is 4.74 Å². The Labute approximate surface area is 99.3 Å². The fourth-order valence-electron chi connectivity index (χ4n) is 1.12. The maximum absolute atomic E-state index is 11.3. The molecule has 1 aromatic rings. The summed E-state index contributed by atoms with van der Waals surface area (Å²) < 4.78 is 14.2. The van der Waals surface area contributed by atoms with Gasteiger partial charge in [-0.1, -0.05) is 17.7 Å². The van der Waals surface area contributed by atoms with Gasteiger partial charge in [0.05, 0.1) is 0 Å². The average Bonchev–Trinajstić information content (AvgIpc) is 2.19. The van der Waals surface area contributed by atoms with Crippen LogP contribution in [0.15, 0.2) is 24.3 Å². The monoisotopic (exact) mass is 238 g/mol. The lowest BCUT2D eigenvalue weighted by molar-refractivity contribution is -0.163. The lowest BCUT2D eigenvalue weighted by Gasteiger charge is -2.12. The number of hydrogen-bond donors (Lipinski definition) is 0. The van der Waals surface area contributed by atoms with Crippen molar-refractivity contribution in [3.05, 3.63) is 29.8 Å². The highest BCUT2D eigenvalue weighted by Gasteiger charge is 2.13. The quantitative estimate of drug-likeness (QED) is 0.459. The maximum atomic E-state index is 11.3. The smallest absolute Gasteiger partial charge is 0.426 e. The number of hydrogen-bond acceptors (Lipinski definition) is 5. The third kappa shape index (κ3) is 5.01. The highest BCUT2D eigenvalue weighted by atomic mass is 16.8. The first-order valence-electron chi connectivity index (χ1n) is 5.09. The van der Waals surface area contributed by atoms with Crippen molar-refractivity contribution in [3.63, 3.8) is 0 Å². The number of ether oxygens (including phenoxy) is 3. The summed E-state index contributed by atoms with van der Waals surface area (Å²) in [4.78, 5) is 21.8. The molecule has 0 aromatic heterocycles. The molecule has 1 unspecified atom stereocenters. The summed E-state index contributed by atoms with van der Waals surface area (Å²) in [5, 5.41) is 0.